The van der Waals surface area contributed by atoms with Crippen LogP contribution in [0.3, 0.4) is 0 Å². The van der Waals surface area contributed by atoms with Crippen LogP contribution in [0.15, 0.2) is 12.1 Å². The average Bonchev–Trinajstić information content (AvgIpc) is 2.93. The van der Waals surface area contributed by atoms with Crippen molar-refractivity contribution in [3.8, 4) is 0 Å². The van der Waals surface area contributed by atoms with Crippen molar-refractivity contribution in [3.05, 3.63) is 21.9 Å². The maximum Gasteiger partial charge on any atom is 0.0616 e. The molecule has 0 amide bonds. The van der Waals surface area contributed by atoms with Crippen LogP contribution in [0.4, 0.5) is 0 Å². The van der Waals surface area contributed by atoms with E-state index in [0.717, 1.165) is 18.8 Å². The van der Waals surface area contributed by atoms with Crippen LogP contribution in [0, 0.1) is 11.8 Å². The number of thiophene rings is 1. The van der Waals surface area contributed by atoms with Gasteiger partial charge in [-0.25, -0.2) is 0 Å². The van der Waals surface area contributed by atoms with E-state index in [1.807, 2.05) is 11.3 Å². The van der Waals surface area contributed by atoms with Gasteiger partial charge in [0.05, 0.1) is 6.10 Å². The summed E-state index contributed by atoms with van der Waals surface area (Å²) in [5.41, 5.74) is 0. The minimum Gasteiger partial charge on any atom is -0.392 e. The van der Waals surface area contributed by atoms with Gasteiger partial charge in [-0.05, 0) is 43.2 Å². The lowest BCUT2D eigenvalue weighted by atomic mass is 9.77. The molecule has 114 valence electrons. The Balaban J connectivity index is 1.75. The molecule has 0 aliphatic heterocycles. The Labute approximate surface area is 128 Å². The van der Waals surface area contributed by atoms with E-state index in [1.165, 1.54) is 54.7 Å². The second-order valence-corrected chi connectivity index (χ2v) is 7.67. The maximum atomic E-state index is 10.5. The Hall–Kier alpha value is -0.340. The lowest BCUT2D eigenvalue weighted by Gasteiger charge is -2.31. The summed E-state index contributed by atoms with van der Waals surface area (Å²) >= 11 is 1.88. The first kappa shape index (κ1) is 16.0. The van der Waals surface area contributed by atoms with Crippen molar-refractivity contribution in [2.75, 3.05) is 0 Å². The Morgan fingerprint density at radius 1 is 1.15 bits per heavy atom. The molecule has 0 bridgehead atoms. The van der Waals surface area contributed by atoms with Gasteiger partial charge in [0.15, 0.2) is 0 Å². The topological polar surface area (TPSA) is 20.2 Å². The van der Waals surface area contributed by atoms with Crippen molar-refractivity contribution in [2.45, 2.75) is 77.7 Å². The molecular weight excluding hydrogens is 264 g/mol. The fraction of sp³-hybridized carbons (Fsp3) is 0.778. The van der Waals surface area contributed by atoms with Crippen LogP contribution in [0.1, 0.15) is 68.5 Å². The third-order valence-electron chi connectivity index (χ3n) is 4.88. The summed E-state index contributed by atoms with van der Waals surface area (Å²) in [4.78, 5) is 2.80. The second-order valence-electron chi connectivity index (χ2n) is 6.42. The number of rotatable bonds is 7. The van der Waals surface area contributed by atoms with Gasteiger partial charge in [-0.1, -0.05) is 46.0 Å². The fourth-order valence-electron chi connectivity index (χ4n) is 3.45. The molecule has 20 heavy (non-hydrogen) atoms. The summed E-state index contributed by atoms with van der Waals surface area (Å²) in [7, 11) is 0. The summed E-state index contributed by atoms with van der Waals surface area (Å²) in [6.45, 7) is 4.48. The Bertz CT molecular complexity index is 377. The van der Waals surface area contributed by atoms with Crippen LogP contribution in [-0.2, 0) is 12.8 Å². The van der Waals surface area contributed by atoms with E-state index < -0.39 is 0 Å². The highest BCUT2D eigenvalue weighted by Gasteiger charge is 2.26. The SMILES string of the molecule is CCCCC1CCC(C(O)Cc2ccc(CC)s2)CC1. The van der Waals surface area contributed by atoms with Gasteiger partial charge in [-0.15, -0.1) is 11.3 Å². The van der Waals surface area contributed by atoms with Crippen molar-refractivity contribution >= 4 is 11.3 Å². The molecule has 0 spiro atoms. The molecule has 1 unspecified atom stereocenters. The molecular formula is C18H30OS. The smallest absolute Gasteiger partial charge is 0.0616 e. The molecule has 1 aliphatic carbocycles. The Morgan fingerprint density at radius 3 is 2.45 bits per heavy atom. The quantitative estimate of drug-likeness (QED) is 0.732. The zero-order valence-corrected chi connectivity index (χ0v) is 13.9. The molecule has 0 aromatic carbocycles. The predicted octanol–water partition coefficient (Wildman–Crippen LogP) is 5.21. The van der Waals surface area contributed by atoms with Crippen molar-refractivity contribution in [1.29, 1.82) is 0 Å². The highest BCUT2D eigenvalue weighted by Crippen LogP contribution is 2.34. The van der Waals surface area contributed by atoms with Crippen LogP contribution < -0.4 is 0 Å². The number of unbranched alkanes of at least 4 members (excludes halogenated alkanes) is 1. The molecule has 1 aromatic heterocycles. The highest BCUT2D eigenvalue weighted by atomic mass is 32.1. The molecule has 1 heterocycles. The summed E-state index contributed by atoms with van der Waals surface area (Å²) in [5.74, 6) is 1.48. The highest BCUT2D eigenvalue weighted by molar-refractivity contribution is 7.11. The average molecular weight is 295 g/mol. The molecule has 1 N–H and O–H groups in total. The molecule has 1 aromatic rings. The Kier molecular flexibility index (Phi) is 6.57. The number of hydrogen-bond acceptors (Lipinski definition) is 2. The van der Waals surface area contributed by atoms with Gasteiger partial charge in [0.2, 0.25) is 0 Å². The normalized spacial score (nSPS) is 24.8. The van der Waals surface area contributed by atoms with E-state index in [-0.39, 0.29) is 6.10 Å². The lowest BCUT2D eigenvalue weighted by molar-refractivity contribution is 0.0732. The zero-order chi connectivity index (χ0) is 14.4. The fourth-order valence-corrected chi connectivity index (χ4v) is 4.46. The summed E-state index contributed by atoms with van der Waals surface area (Å²) < 4.78 is 0. The van der Waals surface area contributed by atoms with Gasteiger partial charge in [-0.2, -0.15) is 0 Å². The molecule has 1 fully saturated rings. The number of aliphatic hydroxyl groups excluding tert-OH is 1. The van der Waals surface area contributed by atoms with E-state index in [2.05, 4.69) is 26.0 Å². The van der Waals surface area contributed by atoms with Gasteiger partial charge < -0.3 is 5.11 Å². The molecule has 1 aliphatic rings. The van der Waals surface area contributed by atoms with E-state index >= 15 is 0 Å². The van der Waals surface area contributed by atoms with Gasteiger partial charge in [0.1, 0.15) is 0 Å². The molecule has 1 nitrogen and oxygen atoms in total. The minimum absolute atomic E-state index is 0.120. The van der Waals surface area contributed by atoms with Crippen LogP contribution in [0.5, 0.6) is 0 Å². The minimum atomic E-state index is -0.120. The molecule has 1 atom stereocenters. The molecule has 2 heteroatoms. The first-order valence-electron chi connectivity index (χ1n) is 8.48. The van der Waals surface area contributed by atoms with Gasteiger partial charge >= 0.3 is 0 Å². The summed E-state index contributed by atoms with van der Waals surface area (Å²) in [6, 6.07) is 4.42. The van der Waals surface area contributed by atoms with E-state index in [1.54, 1.807) is 0 Å². The summed E-state index contributed by atoms with van der Waals surface area (Å²) in [5, 5.41) is 10.5. The monoisotopic (exact) mass is 294 g/mol. The first-order valence-corrected chi connectivity index (χ1v) is 9.30. The number of aliphatic hydroxyl groups is 1. The molecule has 0 radical (unpaired) electrons. The van der Waals surface area contributed by atoms with E-state index in [0.29, 0.717) is 5.92 Å². The molecule has 1 saturated carbocycles. The van der Waals surface area contributed by atoms with Crippen molar-refractivity contribution in [2.24, 2.45) is 11.8 Å². The van der Waals surface area contributed by atoms with Crippen LogP contribution in [0.25, 0.3) is 0 Å². The van der Waals surface area contributed by atoms with Gasteiger partial charge in [0, 0.05) is 16.2 Å². The van der Waals surface area contributed by atoms with Crippen LogP contribution >= 0.6 is 11.3 Å². The van der Waals surface area contributed by atoms with Gasteiger partial charge in [0.25, 0.3) is 0 Å². The first-order chi connectivity index (χ1) is 9.72. The number of hydrogen-bond donors (Lipinski definition) is 1. The lowest BCUT2D eigenvalue weighted by Crippen LogP contribution is -2.27. The van der Waals surface area contributed by atoms with Crippen molar-refractivity contribution < 1.29 is 5.11 Å². The van der Waals surface area contributed by atoms with E-state index in [4.69, 9.17) is 0 Å². The third kappa shape index (κ3) is 4.60. The van der Waals surface area contributed by atoms with Crippen LogP contribution in [0.2, 0.25) is 0 Å². The largest absolute Gasteiger partial charge is 0.392 e. The number of aryl methyl sites for hydroxylation is 1. The second kappa shape index (κ2) is 8.19. The van der Waals surface area contributed by atoms with Crippen molar-refractivity contribution in [1.82, 2.24) is 0 Å². The standard InChI is InChI=1S/C18H30OS/c1-3-5-6-14-7-9-15(10-8-14)18(19)13-17-12-11-16(4-2)20-17/h11-12,14-15,18-19H,3-10,13H2,1-2H3. The summed E-state index contributed by atoms with van der Waals surface area (Å²) in [6.07, 6.45) is 11.1. The predicted molar refractivity (Wildman–Crippen MR) is 88.4 cm³/mol. The molecule has 2 rings (SSSR count). The van der Waals surface area contributed by atoms with Crippen molar-refractivity contribution in [3.63, 3.8) is 0 Å². The zero-order valence-electron chi connectivity index (χ0n) is 13.1. The third-order valence-corrected chi connectivity index (χ3v) is 6.13. The molecule has 0 saturated heterocycles. The van der Waals surface area contributed by atoms with E-state index in [9.17, 15) is 5.11 Å². The van der Waals surface area contributed by atoms with Crippen LogP contribution in [-0.4, -0.2) is 11.2 Å². The maximum absolute atomic E-state index is 10.5. The Morgan fingerprint density at radius 2 is 1.85 bits per heavy atom. The van der Waals surface area contributed by atoms with Gasteiger partial charge in [-0.3, -0.25) is 0 Å².